The fourth-order valence-electron chi connectivity index (χ4n) is 2.52. The van der Waals surface area contributed by atoms with E-state index in [2.05, 4.69) is 62.5 Å². The van der Waals surface area contributed by atoms with Crippen LogP contribution in [0, 0.1) is 10.8 Å². The molecule has 0 aliphatic heterocycles. The van der Waals surface area contributed by atoms with Crippen molar-refractivity contribution in [1.29, 1.82) is 0 Å². The van der Waals surface area contributed by atoms with E-state index in [9.17, 15) is 4.79 Å². The van der Waals surface area contributed by atoms with Gasteiger partial charge in [0.05, 0.1) is 5.69 Å². The van der Waals surface area contributed by atoms with Gasteiger partial charge in [0.25, 0.3) is 0 Å². The molecule has 0 saturated carbocycles. The molecule has 0 bridgehead atoms. The molecule has 0 N–H and O–H groups in total. The average molecular weight is 374 g/mol. The van der Waals surface area contributed by atoms with Gasteiger partial charge in [-0.3, -0.25) is 9.78 Å². The van der Waals surface area contributed by atoms with E-state index in [1.54, 1.807) is 6.20 Å². The van der Waals surface area contributed by atoms with Gasteiger partial charge in [0, 0.05) is 21.8 Å². The first-order chi connectivity index (χ1) is 10.5. The second-order valence-electron chi connectivity index (χ2n) is 7.99. The van der Waals surface area contributed by atoms with Crippen LogP contribution in [-0.2, 0) is 4.79 Å². The molecule has 0 fully saturated rings. The number of hydrogen-bond acceptors (Lipinski definition) is 2. The topological polar surface area (TPSA) is 30.0 Å². The van der Waals surface area contributed by atoms with Gasteiger partial charge in [-0.2, -0.15) is 0 Å². The molecule has 23 heavy (non-hydrogen) atoms. The lowest BCUT2D eigenvalue weighted by Gasteiger charge is -2.31. The highest BCUT2D eigenvalue weighted by molar-refractivity contribution is 9.10. The zero-order chi connectivity index (χ0) is 17.4. The first kappa shape index (κ1) is 17.9. The van der Waals surface area contributed by atoms with Crippen LogP contribution in [0.15, 0.2) is 51.7 Å². The van der Waals surface area contributed by atoms with Crippen molar-refractivity contribution in [2.75, 3.05) is 0 Å². The van der Waals surface area contributed by atoms with Gasteiger partial charge in [0.15, 0.2) is 5.78 Å². The van der Waals surface area contributed by atoms with E-state index < -0.39 is 0 Å². The van der Waals surface area contributed by atoms with Crippen LogP contribution in [0.2, 0.25) is 0 Å². The number of nitrogens with zero attached hydrogens (tertiary/aromatic N) is 1. The van der Waals surface area contributed by atoms with Crippen molar-refractivity contribution < 1.29 is 4.79 Å². The Morgan fingerprint density at radius 1 is 1.00 bits per heavy atom. The highest BCUT2D eigenvalue weighted by Gasteiger charge is 2.33. The van der Waals surface area contributed by atoms with E-state index in [0.717, 1.165) is 26.9 Å². The number of carbonyl (C=O) groups is 1. The number of carbonyl (C=O) groups excluding carboxylic acids is 1. The summed E-state index contributed by atoms with van der Waals surface area (Å²) in [7, 11) is 0. The third-order valence-corrected chi connectivity index (χ3v) is 4.28. The summed E-state index contributed by atoms with van der Waals surface area (Å²) < 4.78 is 0.992. The molecule has 0 atom stereocenters. The molecule has 1 aliphatic rings. The number of pyridine rings is 1. The predicted octanol–water partition coefficient (Wildman–Crippen LogP) is 5.76. The van der Waals surface area contributed by atoms with Crippen molar-refractivity contribution in [3.8, 4) is 0 Å². The van der Waals surface area contributed by atoms with Gasteiger partial charge in [-0.05, 0) is 46.8 Å². The fourth-order valence-corrected chi connectivity index (χ4v) is 2.87. The van der Waals surface area contributed by atoms with Gasteiger partial charge in [0.2, 0.25) is 0 Å². The number of Topliss-reactive ketones (excluding diaryl/α,β-unsaturated/α-hetero) is 1. The van der Waals surface area contributed by atoms with Crippen molar-refractivity contribution in [2.45, 2.75) is 41.5 Å². The van der Waals surface area contributed by atoms with Gasteiger partial charge >= 0.3 is 0 Å². The molecule has 0 amide bonds. The van der Waals surface area contributed by atoms with Gasteiger partial charge in [0.1, 0.15) is 0 Å². The highest BCUT2D eigenvalue weighted by atomic mass is 79.9. The molecule has 2 nitrogen and oxygen atoms in total. The van der Waals surface area contributed by atoms with Gasteiger partial charge < -0.3 is 0 Å². The Hall–Kier alpha value is -1.48. The molecule has 0 radical (unpaired) electrons. The van der Waals surface area contributed by atoms with Crippen LogP contribution in [-0.4, -0.2) is 10.8 Å². The SMILES string of the molecule is CC(C)(C)C1=CC(=Cc2cc(Br)ccn2)C=C(C(C)(C)C)C1=O. The molecule has 3 heteroatoms. The van der Waals surface area contributed by atoms with Gasteiger partial charge in [-0.1, -0.05) is 57.5 Å². The summed E-state index contributed by atoms with van der Waals surface area (Å²) in [6.45, 7) is 12.5. The maximum atomic E-state index is 12.9. The number of ketones is 1. The molecule has 1 heterocycles. The molecule has 0 saturated heterocycles. The molecule has 0 unspecified atom stereocenters. The van der Waals surface area contributed by atoms with Crippen LogP contribution in [0.25, 0.3) is 6.08 Å². The van der Waals surface area contributed by atoms with Crippen LogP contribution in [0.4, 0.5) is 0 Å². The first-order valence-electron chi connectivity index (χ1n) is 7.81. The Kier molecular flexibility index (Phi) is 4.81. The maximum absolute atomic E-state index is 12.9. The maximum Gasteiger partial charge on any atom is 0.186 e. The second-order valence-corrected chi connectivity index (χ2v) is 8.90. The Balaban J connectivity index is 2.58. The van der Waals surface area contributed by atoms with E-state index in [4.69, 9.17) is 0 Å². The second kappa shape index (κ2) is 6.20. The lowest BCUT2D eigenvalue weighted by molar-refractivity contribution is -0.114. The number of halogens is 1. The van der Waals surface area contributed by atoms with Crippen molar-refractivity contribution in [2.24, 2.45) is 10.8 Å². The minimum absolute atomic E-state index is 0.157. The number of allylic oxidation sites excluding steroid dienone is 5. The summed E-state index contributed by atoms with van der Waals surface area (Å²) in [6.07, 6.45) is 7.79. The summed E-state index contributed by atoms with van der Waals surface area (Å²) in [6, 6.07) is 3.87. The first-order valence-corrected chi connectivity index (χ1v) is 8.60. The fraction of sp³-hybridized carbons (Fsp3) is 0.400. The van der Waals surface area contributed by atoms with Crippen LogP contribution < -0.4 is 0 Å². The smallest absolute Gasteiger partial charge is 0.186 e. The largest absolute Gasteiger partial charge is 0.289 e. The van der Waals surface area contributed by atoms with E-state index in [-0.39, 0.29) is 16.6 Å². The number of aromatic nitrogens is 1. The molecule has 2 rings (SSSR count). The summed E-state index contributed by atoms with van der Waals surface area (Å²) in [4.78, 5) is 17.3. The minimum atomic E-state index is -0.189. The summed E-state index contributed by atoms with van der Waals surface area (Å²) in [5.41, 5.74) is 3.22. The van der Waals surface area contributed by atoms with E-state index in [0.29, 0.717) is 0 Å². The van der Waals surface area contributed by atoms with Crippen LogP contribution >= 0.6 is 15.9 Å². The third-order valence-electron chi connectivity index (χ3n) is 3.78. The van der Waals surface area contributed by atoms with Crippen molar-refractivity contribution >= 4 is 27.8 Å². The normalized spacial score (nSPS) is 16.1. The van der Waals surface area contributed by atoms with Gasteiger partial charge in [-0.15, -0.1) is 0 Å². The predicted molar refractivity (Wildman–Crippen MR) is 100.0 cm³/mol. The third kappa shape index (κ3) is 4.29. The monoisotopic (exact) mass is 373 g/mol. The summed E-state index contributed by atoms with van der Waals surface area (Å²) >= 11 is 3.47. The standard InChI is InChI=1S/C20H24BrNO/c1-19(2,3)16-10-13(9-15-12-14(21)7-8-22-15)11-17(18(16)23)20(4,5)6/h7-12H,1-6H3. The summed E-state index contributed by atoms with van der Waals surface area (Å²) in [5, 5.41) is 0. The zero-order valence-electron chi connectivity index (χ0n) is 14.7. The average Bonchev–Trinajstić information content (AvgIpc) is 2.38. The lowest BCUT2D eigenvalue weighted by atomic mass is 9.72. The quantitative estimate of drug-likeness (QED) is 0.626. The number of hydrogen-bond donors (Lipinski definition) is 0. The molecule has 0 spiro atoms. The highest BCUT2D eigenvalue weighted by Crippen LogP contribution is 2.39. The molecule has 1 aromatic heterocycles. The molecule has 0 aromatic carbocycles. The van der Waals surface area contributed by atoms with Gasteiger partial charge in [-0.25, -0.2) is 0 Å². The van der Waals surface area contributed by atoms with Crippen molar-refractivity contribution in [1.82, 2.24) is 4.98 Å². The minimum Gasteiger partial charge on any atom is -0.289 e. The Bertz CT molecular complexity index is 689. The summed E-state index contributed by atoms with van der Waals surface area (Å²) in [5.74, 6) is 0.157. The van der Waals surface area contributed by atoms with E-state index in [1.807, 2.05) is 30.4 Å². The molecule has 122 valence electrons. The Morgan fingerprint density at radius 2 is 1.52 bits per heavy atom. The van der Waals surface area contributed by atoms with Crippen molar-refractivity contribution in [3.05, 3.63) is 57.4 Å². The Morgan fingerprint density at radius 3 is 1.96 bits per heavy atom. The lowest BCUT2D eigenvalue weighted by Crippen LogP contribution is -2.27. The van der Waals surface area contributed by atoms with E-state index >= 15 is 0 Å². The number of rotatable bonds is 1. The van der Waals surface area contributed by atoms with Crippen molar-refractivity contribution in [3.63, 3.8) is 0 Å². The zero-order valence-corrected chi connectivity index (χ0v) is 16.3. The molecule has 1 aromatic rings. The van der Waals surface area contributed by atoms with Crippen LogP contribution in [0.3, 0.4) is 0 Å². The molecular formula is C20H24BrNO. The Labute approximate surface area is 147 Å². The van der Waals surface area contributed by atoms with Crippen LogP contribution in [0.5, 0.6) is 0 Å². The molecular weight excluding hydrogens is 350 g/mol. The van der Waals surface area contributed by atoms with E-state index in [1.165, 1.54) is 0 Å². The van der Waals surface area contributed by atoms with Crippen LogP contribution in [0.1, 0.15) is 47.2 Å². The molecule has 1 aliphatic carbocycles.